The van der Waals surface area contributed by atoms with Crippen LogP contribution in [0.1, 0.15) is 37.7 Å². The fourth-order valence-corrected chi connectivity index (χ4v) is 2.73. The number of ether oxygens (including phenoxy) is 1. The average Bonchev–Trinajstić information content (AvgIpc) is 2.35. The summed E-state index contributed by atoms with van der Waals surface area (Å²) in [4.78, 5) is 0. The molecule has 1 aromatic rings. The highest BCUT2D eigenvalue weighted by Gasteiger charge is 2.31. The minimum absolute atomic E-state index is 0.243. The molecule has 0 amide bonds. The van der Waals surface area contributed by atoms with Gasteiger partial charge >= 0.3 is 6.36 Å². The van der Waals surface area contributed by atoms with E-state index >= 15 is 0 Å². The van der Waals surface area contributed by atoms with Crippen molar-refractivity contribution in [3.63, 3.8) is 0 Å². The van der Waals surface area contributed by atoms with Gasteiger partial charge in [0, 0.05) is 17.6 Å². The van der Waals surface area contributed by atoms with Crippen molar-refractivity contribution in [3.8, 4) is 5.75 Å². The van der Waals surface area contributed by atoms with E-state index in [2.05, 4.69) is 10.1 Å². The van der Waals surface area contributed by atoms with Gasteiger partial charge in [0.25, 0.3) is 0 Å². The molecule has 0 radical (unpaired) electrons. The van der Waals surface area contributed by atoms with Gasteiger partial charge in [-0.15, -0.1) is 13.2 Å². The molecule has 1 aliphatic carbocycles. The molecule has 2 nitrogen and oxygen atoms in total. The molecule has 6 heteroatoms. The van der Waals surface area contributed by atoms with E-state index in [1.54, 1.807) is 6.07 Å². The van der Waals surface area contributed by atoms with Crippen LogP contribution >= 0.6 is 11.6 Å². The fourth-order valence-electron chi connectivity index (χ4n) is 2.48. The maximum atomic E-state index is 12.2. The molecule has 0 spiro atoms. The van der Waals surface area contributed by atoms with Gasteiger partial charge in [-0.2, -0.15) is 0 Å². The minimum atomic E-state index is -4.70. The second kappa shape index (κ2) is 6.68. The van der Waals surface area contributed by atoms with E-state index in [4.69, 9.17) is 11.6 Å². The molecular weight excluding hydrogens is 291 g/mol. The summed E-state index contributed by atoms with van der Waals surface area (Å²) >= 11 is 5.83. The first-order valence-corrected chi connectivity index (χ1v) is 7.09. The van der Waals surface area contributed by atoms with Crippen molar-refractivity contribution in [2.75, 3.05) is 0 Å². The van der Waals surface area contributed by atoms with Gasteiger partial charge in [0.15, 0.2) is 0 Å². The maximum Gasteiger partial charge on any atom is 0.573 e. The summed E-state index contributed by atoms with van der Waals surface area (Å²) < 4.78 is 40.5. The molecule has 112 valence electrons. The first kappa shape index (κ1) is 15.4. The minimum Gasteiger partial charge on any atom is -0.406 e. The summed E-state index contributed by atoms with van der Waals surface area (Å²) in [5.41, 5.74) is 0.697. The second-order valence-electron chi connectivity index (χ2n) is 5.06. The molecule has 2 rings (SSSR count). The van der Waals surface area contributed by atoms with Crippen LogP contribution in [0.5, 0.6) is 5.75 Å². The fraction of sp³-hybridized carbons (Fsp3) is 0.571. The smallest absolute Gasteiger partial charge is 0.406 e. The number of rotatable bonds is 4. The number of hydrogen-bond acceptors (Lipinski definition) is 2. The van der Waals surface area contributed by atoms with Crippen molar-refractivity contribution in [1.82, 2.24) is 5.32 Å². The highest BCUT2D eigenvalue weighted by atomic mass is 35.5. The Morgan fingerprint density at radius 2 is 1.85 bits per heavy atom. The molecule has 0 saturated heterocycles. The van der Waals surface area contributed by atoms with E-state index in [1.807, 2.05) is 0 Å². The summed E-state index contributed by atoms with van der Waals surface area (Å²) in [5, 5.41) is 3.60. The topological polar surface area (TPSA) is 21.3 Å². The third kappa shape index (κ3) is 5.21. The quantitative estimate of drug-likeness (QED) is 0.873. The Labute approximate surface area is 121 Å². The highest BCUT2D eigenvalue weighted by molar-refractivity contribution is 6.30. The zero-order valence-electron chi connectivity index (χ0n) is 11.0. The molecule has 1 saturated carbocycles. The molecule has 1 aliphatic rings. The third-order valence-electron chi connectivity index (χ3n) is 3.36. The number of nitrogens with one attached hydrogen (secondary N) is 1. The Morgan fingerprint density at radius 1 is 1.15 bits per heavy atom. The van der Waals surface area contributed by atoms with Gasteiger partial charge in [0.05, 0.1) is 0 Å². The standard InChI is InChI=1S/C14H17ClF3NO/c15-11-6-10(7-13(8-11)20-14(16,17)18)9-19-12-4-2-1-3-5-12/h6-8,12,19H,1-5,9H2. The number of benzene rings is 1. The van der Waals surface area contributed by atoms with Crippen LogP contribution in [0.2, 0.25) is 5.02 Å². The molecule has 1 fully saturated rings. The molecule has 0 aromatic heterocycles. The summed E-state index contributed by atoms with van der Waals surface area (Å²) in [6, 6.07) is 4.63. The van der Waals surface area contributed by atoms with Crippen molar-refractivity contribution in [3.05, 3.63) is 28.8 Å². The van der Waals surface area contributed by atoms with Crippen LogP contribution in [0.3, 0.4) is 0 Å². The first-order chi connectivity index (χ1) is 9.42. The first-order valence-electron chi connectivity index (χ1n) is 6.71. The Bertz CT molecular complexity index is 445. The van der Waals surface area contributed by atoms with Crippen LogP contribution in [-0.2, 0) is 6.54 Å². The lowest BCUT2D eigenvalue weighted by Crippen LogP contribution is -2.30. The molecule has 1 aromatic carbocycles. The van der Waals surface area contributed by atoms with E-state index in [0.717, 1.165) is 12.8 Å². The summed E-state index contributed by atoms with van der Waals surface area (Å²) in [5.74, 6) is -0.273. The lowest BCUT2D eigenvalue weighted by Gasteiger charge is -2.23. The van der Waals surface area contributed by atoms with Crippen molar-refractivity contribution in [2.24, 2.45) is 0 Å². The van der Waals surface area contributed by atoms with Crippen molar-refractivity contribution < 1.29 is 17.9 Å². The van der Waals surface area contributed by atoms with Crippen LogP contribution in [-0.4, -0.2) is 12.4 Å². The Morgan fingerprint density at radius 3 is 2.50 bits per heavy atom. The average molecular weight is 308 g/mol. The Hall–Kier alpha value is -0.940. The molecule has 20 heavy (non-hydrogen) atoms. The summed E-state index contributed by atoms with van der Waals surface area (Å²) in [7, 11) is 0. The maximum absolute atomic E-state index is 12.2. The summed E-state index contributed by atoms with van der Waals surface area (Å²) in [6.45, 7) is 0.499. The SMILES string of the molecule is FC(F)(F)Oc1cc(Cl)cc(CNC2CCCCC2)c1. The molecule has 0 bridgehead atoms. The van der Waals surface area contributed by atoms with Crippen molar-refractivity contribution in [1.29, 1.82) is 0 Å². The van der Waals surface area contributed by atoms with Gasteiger partial charge in [-0.25, -0.2) is 0 Å². The monoisotopic (exact) mass is 307 g/mol. The van der Waals surface area contributed by atoms with E-state index in [1.165, 1.54) is 31.4 Å². The highest BCUT2D eigenvalue weighted by Crippen LogP contribution is 2.27. The van der Waals surface area contributed by atoms with Crippen LogP contribution in [0.15, 0.2) is 18.2 Å². The molecular formula is C14H17ClF3NO. The van der Waals surface area contributed by atoms with Crippen LogP contribution in [0.4, 0.5) is 13.2 Å². The number of halogens is 4. The molecule has 0 atom stereocenters. The number of hydrogen-bond donors (Lipinski definition) is 1. The zero-order valence-corrected chi connectivity index (χ0v) is 11.7. The van der Waals surface area contributed by atoms with Gasteiger partial charge in [0.2, 0.25) is 0 Å². The molecule has 0 aliphatic heterocycles. The lowest BCUT2D eigenvalue weighted by molar-refractivity contribution is -0.274. The van der Waals surface area contributed by atoms with Crippen LogP contribution < -0.4 is 10.1 Å². The Kier molecular flexibility index (Phi) is 5.16. The van der Waals surface area contributed by atoms with Crippen molar-refractivity contribution >= 4 is 11.6 Å². The number of alkyl halides is 3. The Balaban J connectivity index is 1.96. The predicted molar refractivity (Wildman–Crippen MR) is 71.8 cm³/mol. The summed E-state index contributed by atoms with van der Waals surface area (Å²) in [6.07, 6.45) is 1.21. The van der Waals surface area contributed by atoms with E-state index in [9.17, 15) is 13.2 Å². The third-order valence-corrected chi connectivity index (χ3v) is 3.58. The zero-order chi connectivity index (χ0) is 14.6. The van der Waals surface area contributed by atoms with Gasteiger partial charge in [-0.1, -0.05) is 30.9 Å². The van der Waals surface area contributed by atoms with E-state index in [0.29, 0.717) is 18.2 Å². The van der Waals surface area contributed by atoms with Gasteiger partial charge in [-0.3, -0.25) is 0 Å². The normalized spacial score (nSPS) is 17.2. The van der Waals surface area contributed by atoms with Gasteiger partial charge in [0.1, 0.15) is 5.75 Å². The van der Waals surface area contributed by atoms with Crippen LogP contribution in [0, 0.1) is 0 Å². The molecule has 1 N–H and O–H groups in total. The lowest BCUT2D eigenvalue weighted by atomic mass is 9.95. The van der Waals surface area contributed by atoms with Crippen LogP contribution in [0.25, 0.3) is 0 Å². The predicted octanol–water partition coefficient (Wildman–Crippen LogP) is 4.66. The molecule has 0 unspecified atom stereocenters. The molecule has 0 heterocycles. The second-order valence-corrected chi connectivity index (χ2v) is 5.50. The van der Waals surface area contributed by atoms with Crippen molar-refractivity contribution in [2.45, 2.75) is 51.1 Å². The largest absolute Gasteiger partial charge is 0.573 e. The van der Waals surface area contributed by atoms with Gasteiger partial charge < -0.3 is 10.1 Å². The van der Waals surface area contributed by atoms with Gasteiger partial charge in [-0.05, 0) is 36.6 Å². The van der Waals surface area contributed by atoms with E-state index in [-0.39, 0.29) is 10.8 Å². The van der Waals surface area contributed by atoms with E-state index < -0.39 is 6.36 Å².